The molecule has 5 nitrogen and oxygen atoms in total. The lowest BCUT2D eigenvalue weighted by atomic mass is 10.3. The Morgan fingerprint density at radius 3 is 2.50 bits per heavy atom. The topological polar surface area (TPSA) is 70.5 Å². The van der Waals surface area contributed by atoms with Crippen LogP contribution in [0.25, 0.3) is 0 Å². The molecule has 1 aromatic heterocycles. The maximum absolute atomic E-state index is 11.8. The number of rotatable bonds is 5. The Hall–Kier alpha value is -0.980. The summed E-state index contributed by atoms with van der Waals surface area (Å²) >= 11 is 0. The molecule has 1 rings (SSSR count). The van der Waals surface area contributed by atoms with Crippen LogP contribution in [0.3, 0.4) is 0 Å². The molecular weight excluding hydrogens is 228 g/mol. The molecule has 0 aromatic carbocycles. The quantitative estimate of drug-likeness (QED) is 0.804. The lowest BCUT2D eigenvalue weighted by Gasteiger charge is -2.20. The number of sulfonamides is 1. The number of hydrogen-bond donors (Lipinski definition) is 1. The Labute approximate surface area is 95.8 Å². The van der Waals surface area contributed by atoms with Crippen molar-refractivity contribution >= 4 is 10.0 Å². The fourth-order valence-corrected chi connectivity index (χ4v) is 2.37. The highest BCUT2D eigenvalue weighted by Gasteiger charge is 2.25. The second-order valence-corrected chi connectivity index (χ2v) is 6.11. The molecule has 0 radical (unpaired) electrons. The van der Waals surface area contributed by atoms with Crippen LogP contribution in [0.15, 0.2) is 24.5 Å². The highest BCUT2D eigenvalue weighted by Crippen LogP contribution is 2.10. The van der Waals surface area contributed by atoms with Gasteiger partial charge in [0.1, 0.15) is 0 Å². The fraction of sp³-hybridized carbons (Fsp3) is 0.500. The molecule has 16 heavy (non-hydrogen) atoms. The Bertz CT molecular complexity index is 419. The summed E-state index contributed by atoms with van der Waals surface area (Å²) in [5, 5.41) is 8.09. The molecule has 0 spiro atoms. The summed E-state index contributed by atoms with van der Waals surface area (Å²) in [6.07, 6.45) is 3.23. The monoisotopic (exact) mass is 244 g/mol. The third-order valence-corrected chi connectivity index (χ3v) is 4.52. The third-order valence-electron chi connectivity index (χ3n) is 2.35. The summed E-state index contributed by atoms with van der Waals surface area (Å²) in [4.78, 5) is 3.86. The van der Waals surface area contributed by atoms with Gasteiger partial charge < -0.3 is 5.11 Å². The molecule has 6 heteroatoms. The van der Waals surface area contributed by atoms with E-state index in [1.807, 2.05) is 0 Å². The minimum atomic E-state index is -3.42. The molecule has 0 aliphatic carbocycles. The highest BCUT2D eigenvalue weighted by atomic mass is 32.2. The van der Waals surface area contributed by atoms with Crippen LogP contribution in [0.4, 0.5) is 0 Å². The number of aliphatic hydroxyl groups excluding tert-OH is 1. The van der Waals surface area contributed by atoms with Crippen LogP contribution < -0.4 is 0 Å². The fourth-order valence-electron chi connectivity index (χ4n) is 1.24. The number of pyridine rings is 1. The van der Waals surface area contributed by atoms with E-state index in [4.69, 9.17) is 5.11 Å². The van der Waals surface area contributed by atoms with Crippen LogP contribution >= 0.6 is 0 Å². The SMILES string of the molecule is CC(CO)S(=O)(=O)N(C)Cc1ccncc1. The maximum atomic E-state index is 11.8. The average molecular weight is 244 g/mol. The van der Waals surface area contributed by atoms with E-state index < -0.39 is 15.3 Å². The van der Waals surface area contributed by atoms with Crippen molar-refractivity contribution in [2.75, 3.05) is 13.7 Å². The zero-order valence-electron chi connectivity index (χ0n) is 9.37. The van der Waals surface area contributed by atoms with Crippen molar-refractivity contribution < 1.29 is 13.5 Å². The molecule has 0 aliphatic rings. The second kappa shape index (κ2) is 5.38. The van der Waals surface area contributed by atoms with Gasteiger partial charge in [-0.05, 0) is 24.6 Å². The van der Waals surface area contributed by atoms with Crippen LogP contribution in [0.1, 0.15) is 12.5 Å². The second-order valence-electron chi connectivity index (χ2n) is 3.65. The summed E-state index contributed by atoms with van der Waals surface area (Å²) in [6, 6.07) is 3.52. The minimum Gasteiger partial charge on any atom is -0.395 e. The van der Waals surface area contributed by atoms with Gasteiger partial charge in [-0.3, -0.25) is 4.98 Å². The van der Waals surface area contributed by atoms with Gasteiger partial charge in [-0.15, -0.1) is 0 Å². The van der Waals surface area contributed by atoms with Gasteiger partial charge in [0.2, 0.25) is 10.0 Å². The van der Waals surface area contributed by atoms with Crippen LogP contribution in [0.2, 0.25) is 0 Å². The summed E-state index contributed by atoms with van der Waals surface area (Å²) in [6.45, 7) is 1.40. The van der Waals surface area contributed by atoms with E-state index in [0.717, 1.165) is 5.56 Å². The van der Waals surface area contributed by atoms with Crippen molar-refractivity contribution in [2.24, 2.45) is 0 Å². The van der Waals surface area contributed by atoms with Gasteiger partial charge in [0, 0.05) is 26.0 Å². The molecule has 1 aromatic rings. The number of aliphatic hydroxyl groups is 1. The number of nitrogens with zero attached hydrogens (tertiary/aromatic N) is 2. The van der Waals surface area contributed by atoms with Gasteiger partial charge in [-0.1, -0.05) is 0 Å². The van der Waals surface area contributed by atoms with Gasteiger partial charge in [0.25, 0.3) is 0 Å². The Kier molecular flexibility index (Phi) is 4.40. The van der Waals surface area contributed by atoms with Crippen LogP contribution in [-0.2, 0) is 16.6 Å². The summed E-state index contributed by atoms with van der Waals surface area (Å²) < 4.78 is 24.9. The molecule has 1 unspecified atom stereocenters. The summed E-state index contributed by atoms with van der Waals surface area (Å²) in [5.41, 5.74) is 0.867. The van der Waals surface area contributed by atoms with Gasteiger partial charge in [-0.2, -0.15) is 0 Å². The first-order chi connectivity index (χ1) is 7.48. The van der Waals surface area contributed by atoms with E-state index in [0.29, 0.717) is 0 Å². The first kappa shape index (κ1) is 13.1. The van der Waals surface area contributed by atoms with E-state index in [-0.39, 0.29) is 13.2 Å². The average Bonchev–Trinajstić information content (AvgIpc) is 2.29. The van der Waals surface area contributed by atoms with Gasteiger partial charge in [0.15, 0.2) is 0 Å². The summed E-state index contributed by atoms with van der Waals surface area (Å²) in [7, 11) is -1.92. The predicted molar refractivity (Wildman–Crippen MR) is 61.2 cm³/mol. The Morgan fingerprint density at radius 2 is 2.00 bits per heavy atom. The molecule has 1 N–H and O–H groups in total. The molecule has 0 aliphatic heterocycles. The minimum absolute atomic E-state index is 0.287. The maximum Gasteiger partial charge on any atom is 0.219 e. The molecule has 0 saturated carbocycles. The van der Waals surface area contributed by atoms with E-state index >= 15 is 0 Å². The molecule has 90 valence electrons. The van der Waals surface area contributed by atoms with Crippen LogP contribution in [0, 0.1) is 0 Å². The van der Waals surface area contributed by atoms with Crippen molar-refractivity contribution in [1.82, 2.24) is 9.29 Å². The lowest BCUT2D eigenvalue weighted by Crippen LogP contribution is -2.36. The molecular formula is C10H16N2O3S. The number of aromatic nitrogens is 1. The first-order valence-corrected chi connectivity index (χ1v) is 6.43. The summed E-state index contributed by atoms with van der Waals surface area (Å²) in [5.74, 6) is 0. The molecule has 1 atom stereocenters. The lowest BCUT2D eigenvalue weighted by molar-refractivity contribution is 0.290. The molecule has 0 fully saturated rings. The first-order valence-electron chi connectivity index (χ1n) is 4.93. The molecule has 0 saturated heterocycles. The highest BCUT2D eigenvalue weighted by molar-refractivity contribution is 7.89. The van der Waals surface area contributed by atoms with Crippen LogP contribution in [-0.4, -0.2) is 41.7 Å². The smallest absolute Gasteiger partial charge is 0.219 e. The van der Waals surface area contributed by atoms with Crippen molar-refractivity contribution in [3.05, 3.63) is 30.1 Å². The zero-order chi connectivity index (χ0) is 12.2. The van der Waals surface area contributed by atoms with E-state index in [1.165, 1.54) is 18.3 Å². The third kappa shape index (κ3) is 3.01. The van der Waals surface area contributed by atoms with Crippen molar-refractivity contribution in [3.8, 4) is 0 Å². The van der Waals surface area contributed by atoms with Crippen molar-refractivity contribution in [1.29, 1.82) is 0 Å². The van der Waals surface area contributed by atoms with E-state index in [1.54, 1.807) is 24.5 Å². The molecule has 1 heterocycles. The Balaban J connectivity index is 2.77. The van der Waals surface area contributed by atoms with E-state index in [9.17, 15) is 8.42 Å². The van der Waals surface area contributed by atoms with Gasteiger partial charge >= 0.3 is 0 Å². The van der Waals surface area contributed by atoms with Crippen molar-refractivity contribution in [3.63, 3.8) is 0 Å². The van der Waals surface area contributed by atoms with Crippen molar-refractivity contribution in [2.45, 2.75) is 18.7 Å². The zero-order valence-corrected chi connectivity index (χ0v) is 10.2. The largest absolute Gasteiger partial charge is 0.395 e. The van der Waals surface area contributed by atoms with Crippen LogP contribution in [0.5, 0.6) is 0 Å². The molecule has 0 amide bonds. The predicted octanol–water partition coefficient (Wildman–Crippen LogP) is 0.224. The molecule has 0 bridgehead atoms. The Morgan fingerprint density at radius 1 is 1.44 bits per heavy atom. The number of hydrogen-bond acceptors (Lipinski definition) is 4. The van der Waals surface area contributed by atoms with E-state index in [2.05, 4.69) is 4.98 Å². The van der Waals surface area contributed by atoms with Gasteiger partial charge in [0.05, 0.1) is 11.9 Å². The van der Waals surface area contributed by atoms with Gasteiger partial charge in [-0.25, -0.2) is 12.7 Å². The standard InChI is InChI=1S/C10H16N2O3S/c1-9(8-13)16(14,15)12(2)7-10-3-5-11-6-4-10/h3-6,9,13H,7-8H2,1-2H3. The normalized spacial score (nSPS) is 14.0.